The van der Waals surface area contributed by atoms with Gasteiger partial charge in [-0.15, -0.1) is 0 Å². The minimum atomic E-state index is 0.380. The standard InChI is InChI=1S/C13H29N3/c1-4-5-6-13(14)11-15-7-9-16(10-8-15)12(2)3/h12-13H,4-11,14H2,1-3H3. The van der Waals surface area contributed by atoms with Crippen molar-refractivity contribution in [1.29, 1.82) is 0 Å². The van der Waals surface area contributed by atoms with E-state index < -0.39 is 0 Å². The zero-order valence-corrected chi connectivity index (χ0v) is 11.3. The van der Waals surface area contributed by atoms with Crippen LogP contribution in [0.25, 0.3) is 0 Å². The van der Waals surface area contributed by atoms with Gasteiger partial charge in [0.1, 0.15) is 0 Å². The molecule has 1 unspecified atom stereocenters. The fourth-order valence-corrected chi connectivity index (χ4v) is 2.35. The maximum Gasteiger partial charge on any atom is 0.0167 e. The van der Waals surface area contributed by atoms with Crippen LogP contribution in [-0.4, -0.2) is 54.6 Å². The number of hydrogen-bond donors (Lipinski definition) is 1. The van der Waals surface area contributed by atoms with E-state index in [1.54, 1.807) is 0 Å². The lowest BCUT2D eigenvalue weighted by molar-refractivity contribution is 0.103. The second-order valence-electron chi connectivity index (χ2n) is 5.33. The Bertz CT molecular complexity index is 174. The van der Waals surface area contributed by atoms with E-state index in [0.717, 1.165) is 6.54 Å². The van der Waals surface area contributed by atoms with E-state index in [1.165, 1.54) is 45.4 Å². The minimum Gasteiger partial charge on any atom is -0.327 e. The lowest BCUT2D eigenvalue weighted by Gasteiger charge is -2.37. The highest BCUT2D eigenvalue weighted by atomic mass is 15.3. The van der Waals surface area contributed by atoms with E-state index in [4.69, 9.17) is 5.73 Å². The molecule has 0 aromatic heterocycles. The molecule has 0 bridgehead atoms. The van der Waals surface area contributed by atoms with Crippen LogP contribution < -0.4 is 5.73 Å². The molecule has 0 radical (unpaired) electrons. The molecule has 1 rings (SSSR count). The maximum absolute atomic E-state index is 6.13. The highest BCUT2D eigenvalue weighted by Crippen LogP contribution is 2.07. The van der Waals surface area contributed by atoms with E-state index in [0.29, 0.717) is 12.1 Å². The van der Waals surface area contributed by atoms with Gasteiger partial charge in [-0.2, -0.15) is 0 Å². The van der Waals surface area contributed by atoms with Gasteiger partial charge in [0.05, 0.1) is 0 Å². The van der Waals surface area contributed by atoms with E-state index >= 15 is 0 Å². The third-order valence-corrected chi connectivity index (χ3v) is 3.56. The normalized spacial score (nSPS) is 21.6. The average molecular weight is 227 g/mol. The Morgan fingerprint density at radius 1 is 1.12 bits per heavy atom. The van der Waals surface area contributed by atoms with Gasteiger partial charge < -0.3 is 5.73 Å². The molecular weight excluding hydrogens is 198 g/mol. The SMILES string of the molecule is CCCCC(N)CN1CCN(C(C)C)CC1. The summed E-state index contributed by atoms with van der Waals surface area (Å²) in [4.78, 5) is 5.08. The van der Waals surface area contributed by atoms with Crippen molar-refractivity contribution in [2.24, 2.45) is 5.73 Å². The molecule has 0 aliphatic carbocycles. The predicted molar refractivity (Wildman–Crippen MR) is 70.6 cm³/mol. The minimum absolute atomic E-state index is 0.380. The van der Waals surface area contributed by atoms with Crippen molar-refractivity contribution in [2.75, 3.05) is 32.7 Å². The molecule has 1 heterocycles. The first-order valence-electron chi connectivity index (χ1n) is 6.85. The molecule has 1 atom stereocenters. The van der Waals surface area contributed by atoms with Crippen LogP contribution in [0.3, 0.4) is 0 Å². The molecule has 0 aromatic carbocycles. The Morgan fingerprint density at radius 3 is 2.25 bits per heavy atom. The summed E-state index contributed by atoms with van der Waals surface area (Å²) in [5.41, 5.74) is 6.13. The second kappa shape index (κ2) is 7.25. The second-order valence-corrected chi connectivity index (χ2v) is 5.33. The summed E-state index contributed by atoms with van der Waals surface area (Å²) in [5.74, 6) is 0. The van der Waals surface area contributed by atoms with Crippen LogP contribution in [-0.2, 0) is 0 Å². The molecule has 1 aliphatic heterocycles. The van der Waals surface area contributed by atoms with Gasteiger partial charge in [-0.25, -0.2) is 0 Å². The molecule has 3 nitrogen and oxygen atoms in total. The maximum atomic E-state index is 6.13. The van der Waals surface area contributed by atoms with E-state index in [9.17, 15) is 0 Å². The first-order valence-corrected chi connectivity index (χ1v) is 6.85. The first kappa shape index (κ1) is 13.9. The van der Waals surface area contributed by atoms with E-state index in [2.05, 4.69) is 30.6 Å². The Hall–Kier alpha value is -0.120. The summed E-state index contributed by atoms with van der Waals surface area (Å²) in [6.07, 6.45) is 3.71. The van der Waals surface area contributed by atoms with Crippen LogP contribution in [0.2, 0.25) is 0 Å². The van der Waals surface area contributed by atoms with Gasteiger partial charge in [0.25, 0.3) is 0 Å². The molecule has 0 saturated carbocycles. The third kappa shape index (κ3) is 4.81. The molecule has 96 valence electrons. The summed E-state index contributed by atoms with van der Waals surface area (Å²) in [6.45, 7) is 12.7. The summed E-state index contributed by atoms with van der Waals surface area (Å²) >= 11 is 0. The monoisotopic (exact) mass is 227 g/mol. The van der Waals surface area contributed by atoms with Crippen molar-refractivity contribution in [3.8, 4) is 0 Å². The van der Waals surface area contributed by atoms with Crippen molar-refractivity contribution < 1.29 is 0 Å². The molecule has 1 fully saturated rings. The fourth-order valence-electron chi connectivity index (χ4n) is 2.35. The molecule has 16 heavy (non-hydrogen) atoms. The zero-order valence-electron chi connectivity index (χ0n) is 11.3. The first-order chi connectivity index (χ1) is 7.63. The molecule has 0 aromatic rings. The summed E-state index contributed by atoms with van der Waals surface area (Å²) in [7, 11) is 0. The summed E-state index contributed by atoms with van der Waals surface area (Å²) in [5, 5.41) is 0. The highest BCUT2D eigenvalue weighted by molar-refractivity contribution is 4.77. The average Bonchev–Trinajstić information content (AvgIpc) is 2.27. The molecular formula is C13H29N3. The predicted octanol–water partition coefficient (Wildman–Crippen LogP) is 1.53. The van der Waals surface area contributed by atoms with Gasteiger partial charge in [-0.05, 0) is 20.3 Å². The summed E-state index contributed by atoms with van der Waals surface area (Å²) in [6, 6.07) is 1.07. The van der Waals surface area contributed by atoms with Gasteiger partial charge in [0.15, 0.2) is 0 Å². The van der Waals surface area contributed by atoms with Gasteiger partial charge in [0.2, 0.25) is 0 Å². The van der Waals surface area contributed by atoms with Crippen molar-refractivity contribution in [3.05, 3.63) is 0 Å². The van der Waals surface area contributed by atoms with Crippen LogP contribution in [0.15, 0.2) is 0 Å². The Labute approximate surface area is 101 Å². The van der Waals surface area contributed by atoms with Crippen LogP contribution in [0, 0.1) is 0 Å². The van der Waals surface area contributed by atoms with Crippen LogP contribution in [0.4, 0.5) is 0 Å². The molecule has 1 aliphatic rings. The molecule has 1 saturated heterocycles. The van der Waals surface area contributed by atoms with E-state index in [-0.39, 0.29) is 0 Å². The van der Waals surface area contributed by atoms with Crippen LogP contribution in [0.5, 0.6) is 0 Å². The van der Waals surface area contributed by atoms with Crippen LogP contribution in [0.1, 0.15) is 40.0 Å². The number of nitrogens with zero attached hydrogens (tertiary/aromatic N) is 2. The molecule has 0 spiro atoms. The number of hydrogen-bond acceptors (Lipinski definition) is 3. The summed E-state index contributed by atoms with van der Waals surface area (Å²) < 4.78 is 0. The smallest absolute Gasteiger partial charge is 0.0167 e. The topological polar surface area (TPSA) is 32.5 Å². The zero-order chi connectivity index (χ0) is 12.0. The third-order valence-electron chi connectivity index (χ3n) is 3.56. The molecule has 3 heteroatoms. The van der Waals surface area contributed by atoms with Gasteiger partial charge in [0, 0.05) is 44.8 Å². The van der Waals surface area contributed by atoms with Gasteiger partial charge in [-0.1, -0.05) is 19.8 Å². The lowest BCUT2D eigenvalue weighted by atomic mass is 10.1. The van der Waals surface area contributed by atoms with Crippen molar-refractivity contribution in [1.82, 2.24) is 9.80 Å². The number of nitrogens with two attached hydrogens (primary N) is 1. The fraction of sp³-hybridized carbons (Fsp3) is 1.00. The Kier molecular flexibility index (Phi) is 6.32. The van der Waals surface area contributed by atoms with Crippen LogP contribution >= 0.6 is 0 Å². The molecule has 0 amide bonds. The number of unbranched alkanes of at least 4 members (excludes halogenated alkanes) is 1. The number of piperazine rings is 1. The van der Waals surface area contributed by atoms with Gasteiger partial charge in [-0.3, -0.25) is 9.80 Å². The largest absolute Gasteiger partial charge is 0.327 e. The van der Waals surface area contributed by atoms with Gasteiger partial charge >= 0.3 is 0 Å². The van der Waals surface area contributed by atoms with E-state index in [1.807, 2.05) is 0 Å². The van der Waals surface area contributed by atoms with Crippen molar-refractivity contribution in [2.45, 2.75) is 52.1 Å². The number of rotatable bonds is 6. The Balaban J connectivity index is 2.16. The molecule has 2 N–H and O–H groups in total. The van der Waals surface area contributed by atoms with Crippen molar-refractivity contribution in [3.63, 3.8) is 0 Å². The quantitative estimate of drug-likeness (QED) is 0.747. The lowest BCUT2D eigenvalue weighted by Crippen LogP contribution is -2.51. The Morgan fingerprint density at radius 2 is 1.75 bits per heavy atom. The highest BCUT2D eigenvalue weighted by Gasteiger charge is 2.19. The van der Waals surface area contributed by atoms with Crippen molar-refractivity contribution >= 4 is 0 Å².